The van der Waals surface area contributed by atoms with Gasteiger partial charge >= 0.3 is 6.09 Å². The molecule has 82 valence electrons. The van der Waals surface area contributed by atoms with E-state index in [-0.39, 0.29) is 0 Å². The summed E-state index contributed by atoms with van der Waals surface area (Å²) in [6, 6.07) is 5.33. The van der Waals surface area contributed by atoms with Crippen LogP contribution in [0.15, 0.2) is 18.2 Å². The van der Waals surface area contributed by atoms with Gasteiger partial charge in [-0.15, -0.1) is 0 Å². The average molecular weight is 211 g/mol. The number of ether oxygens (including phenoxy) is 2. The first-order valence-corrected chi connectivity index (χ1v) is 4.41. The molecule has 15 heavy (non-hydrogen) atoms. The summed E-state index contributed by atoms with van der Waals surface area (Å²) < 4.78 is 9.76. The molecule has 1 aromatic carbocycles. The highest BCUT2D eigenvalue weighted by Crippen LogP contribution is 2.29. The number of amides is 1. The van der Waals surface area contributed by atoms with Gasteiger partial charge in [0.2, 0.25) is 0 Å². The van der Waals surface area contributed by atoms with Gasteiger partial charge in [-0.05, 0) is 6.07 Å². The first kappa shape index (κ1) is 11.3. The molecule has 0 aromatic heterocycles. The van der Waals surface area contributed by atoms with Gasteiger partial charge in [-0.25, -0.2) is 4.79 Å². The lowest BCUT2D eigenvalue weighted by Crippen LogP contribution is -2.40. The summed E-state index contributed by atoms with van der Waals surface area (Å²) in [6.07, 6.45) is -0.445. The van der Waals surface area contributed by atoms with Crippen LogP contribution in [0.4, 0.5) is 16.2 Å². The van der Waals surface area contributed by atoms with Gasteiger partial charge in [0.1, 0.15) is 11.4 Å². The maximum Gasteiger partial charge on any atom is 0.413 e. The van der Waals surface area contributed by atoms with Crippen LogP contribution < -0.4 is 15.4 Å². The molecule has 0 saturated carbocycles. The van der Waals surface area contributed by atoms with Gasteiger partial charge in [0.25, 0.3) is 0 Å². The quantitative estimate of drug-likeness (QED) is 0.785. The van der Waals surface area contributed by atoms with Crippen molar-refractivity contribution >= 4 is 17.5 Å². The first-order chi connectivity index (χ1) is 7.10. The largest absolute Gasteiger partial charge is 0.495 e. The van der Waals surface area contributed by atoms with E-state index in [9.17, 15) is 4.79 Å². The summed E-state index contributed by atoms with van der Waals surface area (Å²) >= 11 is 0. The number of hydrogen-bond acceptors (Lipinski definition) is 3. The van der Waals surface area contributed by atoms with Crippen LogP contribution in [0.3, 0.4) is 0 Å². The molecule has 1 amide bonds. The maximum atomic E-state index is 11.3. The Balaban J connectivity index is 3.10. The predicted octanol–water partition coefficient (Wildman–Crippen LogP) is 0.771. The van der Waals surface area contributed by atoms with Gasteiger partial charge in [-0.1, -0.05) is 0 Å². The van der Waals surface area contributed by atoms with E-state index in [0.29, 0.717) is 11.4 Å². The van der Waals surface area contributed by atoms with Crippen molar-refractivity contribution in [2.75, 3.05) is 26.2 Å². The van der Waals surface area contributed by atoms with Crippen molar-refractivity contribution < 1.29 is 20.0 Å². The van der Waals surface area contributed by atoms with E-state index in [1.807, 2.05) is 6.07 Å². The standard InChI is InChI=1S/C10H14N2O3/c1-12(10(13)15-3)8-6-7(11)4-5-9(8)14-2/h4-6H,11H2,1-3H3/p+1. The highest BCUT2D eigenvalue weighted by molar-refractivity contribution is 5.89. The zero-order valence-corrected chi connectivity index (χ0v) is 9.11. The van der Waals surface area contributed by atoms with E-state index < -0.39 is 6.09 Å². The van der Waals surface area contributed by atoms with Gasteiger partial charge in [0.05, 0.1) is 19.9 Å². The molecule has 0 heterocycles. The van der Waals surface area contributed by atoms with Gasteiger partial charge in [0, 0.05) is 19.2 Å². The maximum absolute atomic E-state index is 11.3. The molecular formula is C10H15N2O3+. The molecule has 0 saturated heterocycles. The molecule has 5 heteroatoms. The molecule has 0 fully saturated rings. The number of benzene rings is 1. The zero-order valence-electron chi connectivity index (χ0n) is 9.11. The van der Waals surface area contributed by atoms with Crippen LogP contribution in [0.25, 0.3) is 0 Å². The Morgan fingerprint density at radius 3 is 2.60 bits per heavy atom. The van der Waals surface area contributed by atoms with E-state index in [1.54, 1.807) is 26.3 Å². The Bertz CT molecular complexity index is 366. The summed E-state index contributed by atoms with van der Waals surface area (Å²) in [6.45, 7) is 0. The third-order valence-corrected chi connectivity index (χ3v) is 2.05. The zero-order chi connectivity index (χ0) is 11.4. The normalized spacial score (nSPS) is 9.60. The van der Waals surface area contributed by atoms with Gasteiger partial charge in [-0.2, -0.15) is 0 Å². The van der Waals surface area contributed by atoms with Crippen molar-refractivity contribution in [1.29, 1.82) is 0 Å². The minimum Gasteiger partial charge on any atom is -0.495 e. The topological polar surface area (TPSA) is 66.4 Å². The SMILES string of the molecule is COC(=O)N(C)c1cc([NH3+])ccc1OC. The van der Waals surface area contributed by atoms with E-state index in [1.165, 1.54) is 12.0 Å². The van der Waals surface area contributed by atoms with Crippen LogP contribution >= 0.6 is 0 Å². The number of methoxy groups -OCH3 is 2. The molecule has 0 bridgehead atoms. The van der Waals surface area contributed by atoms with Crippen LogP contribution in [0.5, 0.6) is 5.75 Å². The fraction of sp³-hybridized carbons (Fsp3) is 0.300. The van der Waals surface area contributed by atoms with Crippen molar-refractivity contribution in [1.82, 2.24) is 0 Å². The monoisotopic (exact) mass is 211 g/mol. The number of carbonyl (C=O) groups is 1. The molecular weight excluding hydrogens is 196 g/mol. The molecule has 0 unspecified atom stereocenters. The van der Waals surface area contributed by atoms with Gasteiger partial charge < -0.3 is 15.2 Å². The number of hydrogen-bond donors (Lipinski definition) is 1. The molecule has 0 aliphatic heterocycles. The highest BCUT2D eigenvalue weighted by atomic mass is 16.5. The van der Waals surface area contributed by atoms with Gasteiger partial charge in [0.15, 0.2) is 0 Å². The fourth-order valence-electron chi connectivity index (χ4n) is 1.23. The summed E-state index contributed by atoms with van der Waals surface area (Å²) in [5, 5.41) is 0. The Morgan fingerprint density at radius 2 is 2.07 bits per heavy atom. The number of rotatable bonds is 2. The Labute approximate surface area is 88.4 Å². The molecule has 0 radical (unpaired) electrons. The van der Waals surface area contributed by atoms with Crippen molar-refractivity contribution in [2.45, 2.75) is 0 Å². The number of nitrogens with zero attached hydrogens (tertiary/aromatic N) is 1. The van der Waals surface area contributed by atoms with Crippen molar-refractivity contribution in [3.8, 4) is 5.75 Å². The third kappa shape index (κ3) is 2.38. The van der Waals surface area contributed by atoms with E-state index in [4.69, 9.17) is 4.74 Å². The van der Waals surface area contributed by atoms with Crippen LogP contribution in [0.2, 0.25) is 0 Å². The second-order valence-corrected chi connectivity index (χ2v) is 3.04. The predicted molar refractivity (Wildman–Crippen MR) is 56.4 cm³/mol. The van der Waals surface area contributed by atoms with Gasteiger partial charge in [-0.3, -0.25) is 4.90 Å². The number of carbonyl (C=O) groups excluding carboxylic acids is 1. The molecule has 0 atom stereocenters. The Morgan fingerprint density at radius 1 is 1.40 bits per heavy atom. The van der Waals surface area contributed by atoms with Crippen molar-refractivity contribution in [3.63, 3.8) is 0 Å². The average Bonchev–Trinajstić information content (AvgIpc) is 2.27. The lowest BCUT2D eigenvalue weighted by Gasteiger charge is -2.18. The van der Waals surface area contributed by atoms with Crippen LogP contribution in [0.1, 0.15) is 0 Å². The van der Waals surface area contributed by atoms with Crippen LogP contribution in [-0.2, 0) is 4.74 Å². The summed E-state index contributed by atoms with van der Waals surface area (Å²) in [5.41, 5.74) is 5.23. The lowest BCUT2D eigenvalue weighted by molar-refractivity contribution is -0.254. The second-order valence-electron chi connectivity index (χ2n) is 3.04. The molecule has 0 aliphatic carbocycles. The van der Waals surface area contributed by atoms with Crippen LogP contribution in [0, 0.1) is 0 Å². The highest BCUT2D eigenvalue weighted by Gasteiger charge is 2.16. The smallest absolute Gasteiger partial charge is 0.413 e. The van der Waals surface area contributed by atoms with E-state index >= 15 is 0 Å². The Kier molecular flexibility index (Phi) is 3.51. The van der Waals surface area contributed by atoms with E-state index in [0.717, 1.165) is 5.69 Å². The van der Waals surface area contributed by atoms with Crippen LogP contribution in [-0.4, -0.2) is 27.4 Å². The minimum atomic E-state index is -0.445. The van der Waals surface area contributed by atoms with Crippen molar-refractivity contribution in [2.24, 2.45) is 0 Å². The second kappa shape index (κ2) is 4.65. The van der Waals surface area contributed by atoms with E-state index in [2.05, 4.69) is 10.5 Å². The Hall–Kier alpha value is -1.75. The molecule has 0 aliphatic rings. The molecule has 1 aromatic rings. The summed E-state index contributed by atoms with van der Waals surface area (Å²) in [5.74, 6) is 0.607. The third-order valence-electron chi connectivity index (χ3n) is 2.05. The first-order valence-electron chi connectivity index (χ1n) is 4.41. The molecule has 5 nitrogen and oxygen atoms in total. The minimum absolute atomic E-state index is 0.445. The molecule has 0 spiro atoms. The fourth-order valence-corrected chi connectivity index (χ4v) is 1.23. The molecule has 1 rings (SSSR count). The van der Waals surface area contributed by atoms with Crippen molar-refractivity contribution in [3.05, 3.63) is 18.2 Å². The summed E-state index contributed by atoms with van der Waals surface area (Å²) in [7, 11) is 4.50. The molecule has 3 N–H and O–H groups in total. The number of quaternary nitrogens is 1. The summed E-state index contributed by atoms with van der Waals surface area (Å²) in [4.78, 5) is 12.7. The number of anilines is 1. The lowest BCUT2D eigenvalue weighted by atomic mass is 10.2.